The topological polar surface area (TPSA) is 74.3 Å². The van der Waals surface area contributed by atoms with E-state index in [1.54, 1.807) is 0 Å². The molecule has 0 unspecified atom stereocenters. The Morgan fingerprint density at radius 1 is 0.158 bits per heavy atom. The molecule has 0 radical (unpaired) electrons. The molecule has 120 heavy (non-hydrogen) atoms. The third-order valence-electron chi connectivity index (χ3n) is 23.0. The molecule has 0 N–H and O–H groups in total. The van der Waals surface area contributed by atoms with Gasteiger partial charge in [-0.05, 0) is 329 Å². The summed E-state index contributed by atoms with van der Waals surface area (Å²) in [6, 6.07) is 125. The normalized spacial score (nSPS) is 11.5. The molecule has 0 aliphatic heterocycles. The second-order valence-corrected chi connectivity index (χ2v) is 31.5. The van der Waals surface area contributed by atoms with E-state index in [9.17, 15) is 0 Å². The van der Waals surface area contributed by atoms with Crippen molar-refractivity contribution in [2.45, 2.75) is 130 Å². The van der Waals surface area contributed by atoms with Crippen LogP contribution in [0.2, 0.25) is 0 Å². The Balaban J connectivity index is 1.00. The zero-order chi connectivity index (χ0) is 81.4. The SMILES string of the molecule is CCCCCCOc1ccc(-n2c3ccc(cc3)n(-c3ccc(OCCCCCC)cc3)c3cccc(c3)n3c4ccc(cc4)n(c4cccc2c4)c2cccc(c2)n2c4ccc(cc4)n(c4cccc(c4)n(-c4ccc(OCCCCCC)cc4)c4ccc(cc4)n(-c4ccc(OCCCCCC)cc4)c4cccc2c4)c2cccc3c2)cc1. The predicted molar refractivity (Wildman–Crippen MR) is 503 cm³/mol. The smallest absolute Gasteiger partial charge is 0.119 e. The molecule has 26 rings (SSSR count). The highest BCUT2D eigenvalue weighted by molar-refractivity contribution is 5.84. The molecule has 0 saturated heterocycles. The summed E-state index contributed by atoms with van der Waals surface area (Å²) < 4.78 is 44.8. The summed E-state index contributed by atoms with van der Waals surface area (Å²) in [5.41, 5.74) is 23.6. The minimum Gasteiger partial charge on any atom is -0.494 e. The Morgan fingerprint density at radius 2 is 0.325 bits per heavy atom. The second kappa shape index (κ2) is 38.0. The Labute approximate surface area is 703 Å². The first-order valence-electron chi connectivity index (χ1n) is 43.7. The minimum atomic E-state index is 0.680. The molecule has 0 atom stereocenters. The molecule has 24 bridgehead atoms. The maximum Gasteiger partial charge on any atom is 0.119 e. The van der Waals surface area contributed by atoms with Gasteiger partial charge in [0, 0.05) is 133 Å². The lowest BCUT2D eigenvalue weighted by Gasteiger charge is -2.16. The van der Waals surface area contributed by atoms with Gasteiger partial charge in [0.05, 0.1) is 26.4 Å². The van der Waals surface area contributed by atoms with Crippen molar-refractivity contribution in [2.75, 3.05) is 26.4 Å². The fourth-order valence-electron chi connectivity index (χ4n) is 16.8. The van der Waals surface area contributed by atoms with Crippen molar-refractivity contribution < 1.29 is 18.9 Å². The first-order chi connectivity index (χ1) is 59.3. The molecule has 0 aliphatic rings. The molecule has 14 aromatic carbocycles. The summed E-state index contributed by atoms with van der Waals surface area (Å²) in [5, 5.41) is 0. The second-order valence-electron chi connectivity index (χ2n) is 31.5. The number of hydrogen-bond acceptors (Lipinski definition) is 4. The summed E-state index contributed by atoms with van der Waals surface area (Å²) >= 11 is 0. The Bertz CT molecular complexity index is 5970. The Morgan fingerprint density at radius 3 is 0.508 bits per heavy atom. The predicted octanol–water partition coefficient (Wildman–Crippen LogP) is 29.1. The molecule has 0 saturated carbocycles. The molecule has 0 fully saturated rings. The van der Waals surface area contributed by atoms with Gasteiger partial charge in [0.25, 0.3) is 0 Å². The van der Waals surface area contributed by atoms with E-state index in [4.69, 9.17) is 18.9 Å². The van der Waals surface area contributed by atoms with Crippen LogP contribution in [0.5, 0.6) is 23.0 Å². The van der Waals surface area contributed by atoms with Crippen LogP contribution in [-0.4, -0.2) is 62.3 Å². The summed E-state index contributed by atoms with van der Waals surface area (Å²) in [5.74, 6) is 3.42. The maximum absolute atomic E-state index is 6.42. The Kier molecular flexibility index (Phi) is 25.0. The minimum absolute atomic E-state index is 0.680. The first-order valence-corrected chi connectivity index (χ1v) is 43.7. The molecule has 12 aromatic heterocycles. The average Bonchev–Trinajstić information content (AvgIpc) is 0.759. The van der Waals surface area contributed by atoms with Crippen molar-refractivity contribution >= 4 is 110 Å². The van der Waals surface area contributed by atoms with Crippen molar-refractivity contribution in [3.63, 3.8) is 0 Å². The van der Waals surface area contributed by atoms with Gasteiger partial charge in [0.2, 0.25) is 0 Å². The van der Waals surface area contributed by atoms with E-state index in [2.05, 4.69) is 403 Å². The van der Waals surface area contributed by atoms with E-state index < -0.39 is 0 Å². The molecular formula is C108H108N8O4. The van der Waals surface area contributed by atoms with Crippen LogP contribution >= 0.6 is 0 Å². The maximum atomic E-state index is 6.42. The van der Waals surface area contributed by atoms with E-state index in [1.807, 2.05) is 0 Å². The van der Waals surface area contributed by atoms with Gasteiger partial charge in [-0.15, -0.1) is 0 Å². The van der Waals surface area contributed by atoms with Crippen molar-refractivity contribution in [2.24, 2.45) is 0 Å². The van der Waals surface area contributed by atoms with Crippen molar-refractivity contribution in [1.82, 2.24) is 35.9 Å². The van der Waals surface area contributed by atoms with Gasteiger partial charge < -0.3 is 54.8 Å². The quantitative estimate of drug-likeness (QED) is 0.0458. The van der Waals surface area contributed by atoms with Crippen molar-refractivity contribution in [3.05, 3.63) is 340 Å². The standard InChI is InChI=1S/C108H108N8O4/c1-5-9-13-17-71-117-105-63-55-89(56-64-105)109-81-39-41-82(42-40-81)110(90-57-65-106(66-58-90)118-72-18-14-10-6-2)94-28-22-32-98(76-94)115-86-49-47-85(48-50-86)113(97-31-21-27-93(109)75-97)101-35-25-36-102(79-101)114-87-51-53-88(54-52-87)116(104-38-26-37-103(115)80-104)100-34-24-30-96(78-100)112(92-61-69-108(70-62-92)120-74-20-16-12-8-4)84-45-43-83(44-46-84)111(95-29-23-33-99(114)77-95)91-59-67-107(68-60-91)119-73-19-15-11-7-3/h21-70,75-80H,5-20,71-74H2,1-4H3. The van der Waals surface area contributed by atoms with E-state index in [1.165, 1.54) is 51.4 Å². The van der Waals surface area contributed by atoms with Gasteiger partial charge in [-0.25, -0.2) is 0 Å². The highest BCUT2D eigenvalue weighted by atomic mass is 16.5. The van der Waals surface area contributed by atoms with Crippen LogP contribution in [0.15, 0.2) is 340 Å². The van der Waals surface area contributed by atoms with Gasteiger partial charge in [0.15, 0.2) is 0 Å². The van der Waals surface area contributed by atoms with Gasteiger partial charge >= 0.3 is 0 Å². The number of aromatic nitrogens is 8. The number of unbranched alkanes of at least 4 members (excludes halogenated alkanes) is 12. The van der Waals surface area contributed by atoms with Crippen molar-refractivity contribution in [1.29, 1.82) is 0 Å². The zero-order valence-corrected chi connectivity index (χ0v) is 69.7. The molecule has 604 valence electrons. The number of hydrogen-bond donors (Lipinski definition) is 0. The molecule has 0 amide bonds. The number of rotatable bonds is 28. The lowest BCUT2D eigenvalue weighted by atomic mass is 10.2. The fraction of sp³-hybridized carbons (Fsp3) is 0.222. The molecule has 0 aliphatic carbocycles. The summed E-state index contributed by atoms with van der Waals surface area (Å²) in [6.07, 6.45) is 18.2. The Hall–Kier alpha value is -13.3. The first kappa shape index (κ1) is 79.2. The van der Waals surface area contributed by atoms with Crippen LogP contribution in [0.4, 0.5) is 0 Å². The van der Waals surface area contributed by atoms with Crippen LogP contribution in [0.1, 0.15) is 130 Å². The van der Waals surface area contributed by atoms with E-state index in [-0.39, 0.29) is 0 Å². The third kappa shape index (κ3) is 17.9. The number of ether oxygens (including phenoxy) is 4. The summed E-state index contributed by atoms with van der Waals surface area (Å²) in [6.45, 7) is 11.7. The summed E-state index contributed by atoms with van der Waals surface area (Å²) in [7, 11) is 0. The highest BCUT2D eigenvalue weighted by Gasteiger charge is 2.13. The zero-order valence-electron chi connectivity index (χ0n) is 69.7. The molecular weight excluding hydrogens is 1470 g/mol. The molecule has 0 spiro atoms. The molecule has 12 nitrogen and oxygen atoms in total. The third-order valence-corrected chi connectivity index (χ3v) is 23.0. The highest BCUT2D eigenvalue weighted by Crippen LogP contribution is 2.32. The van der Waals surface area contributed by atoms with Gasteiger partial charge in [-0.2, -0.15) is 0 Å². The summed E-state index contributed by atoms with van der Waals surface area (Å²) in [4.78, 5) is 0. The van der Waals surface area contributed by atoms with Crippen LogP contribution in [0, 0.1) is 0 Å². The van der Waals surface area contributed by atoms with Crippen LogP contribution in [0.3, 0.4) is 0 Å². The fourth-order valence-corrected chi connectivity index (χ4v) is 16.8. The lowest BCUT2D eigenvalue weighted by Crippen LogP contribution is -2.01. The molecule has 12 heteroatoms. The van der Waals surface area contributed by atoms with Crippen LogP contribution in [-0.2, 0) is 0 Å². The van der Waals surface area contributed by atoms with Crippen molar-refractivity contribution in [3.8, 4) is 45.7 Å². The number of benzene rings is 14. The van der Waals surface area contributed by atoms with Crippen LogP contribution in [0.25, 0.3) is 133 Å². The van der Waals surface area contributed by atoms with Gasteiger partial charge in [-0.1, -0.05) is 141 Å². The van der Waals surface area contributed by atoms with E-state index in [0.717, 1.165) is 207 Å². The average molecular weight is 1580 g/mol. The molecule has 26 aromatic rings. The molecule has 12 heterocycles. The lowest BCUT2D eigenvalue weighted by molar-refractivity contribution is 0.305. The van der Waals surface area contributed by atoms with E-state index in [0.29, 0.717) is 26.4 Å². The van der Waals surface area contributed by atoms with Gasteiger partial charge in [-0.3, -0.25) is 0 Å². The van der Waals surface area contributed by atoms with Crippen LogP contribution < -0.4 is 18.9 Å². The van der Waals surface area contributed by atoms with E-state index >= 15 is 0 Å². The number of nitrogens with zero attached hydrogens (tertiary/aromatic N) is 8. The largest absolute Gasteiger partial charge is 0.494 e. The van der Waals surface area contributed by atoms with Gasteiger partial charge in [0.1, 0.15) is 23.0 Å². The monoisotopic (exact) mass is 1580 g/mol.